The van der Waals surface area contributed by atoms with E-state index in [0.717, 1.165) is 30.2 Å². The number of aromatic nitrogens is 5. The van der Waals surface area contributed by atoms with Gasteiger partial charge in [-0.25, -0.2) is 4.79 Å². The van der Waals surface area contributed by atoms with E-state index in [1.54, 1.807) is 11.2 Å². The maximum Gasteiger partial charge on any atom is 0.318 e. The lowest BCUT2D eigenvalue weighted by molar-refractivity contribution is 0.115. The minimum Gasteiger partial charge on any atom is -0.328 e. The summed E-state index contributed by atoms with van der Waals surface area (Å²) >= 11 is 0. The second-order valence-corrected chi connectivity index (χ2v) is 6.48. The van der Waals surface area contributed by atoms with Crippen molar-refractivity contribution >= 4 is 6.03 Å². The van der Waals surface area contributed by atoms with Crippen molar-refractivity contribution in [2.45, 2.75) is 52.7 Å². The molecule has 1 saturated heterocycles. The molecule has 1 N–H and O–H groups in total. The molecule has 2 aromatic rings. The smallest absolute Gasteiger partial charge is 0.318 e. The van der Waals surface area contributed by atoms with Crippen molar-refractivity contribution in [2.24, 2.45) is 0 Å². The fourth-order valence-electron chi connectivity index (χ4n) is 3.15. The van der Waals surface area contributed by atoms with Gasteiger partial charge in [0, 0.05) is 25.3 Å². The number of aryl methyl sites for hydroxylation is 3. The van der Waals surface area contributed by atoms with Gasteiger partial charge in [-0.05, 0) is 33.3 Å². The Labute approximate surface area is 141 Å². The molecular weight excluding hydrogens is 306 g/mol. The van der Waals surface area contributed by atoms with E-state index < -0.39 is 0 Å². The number of nitrogens with zero attached hydrogens (tertiary/aromatic N) is 6. The van der Waals surface area contributed by atoms with Crippen molar-refractivity contribution < 1.29 is 4.79 Å². The first-order chi connectivity index (χ1) is 11.5. The summed E-state index contributed by atoms with van der Waals surface area (Å²) in [4.78, 5) is 14.2. The fourth-order valence-corrected chi connectivity index (χ4v) is 3.15. The molecule has 8 nitrogen and oxygen atoms in total. The van der Waals surface area contributed by atoms with Crippen molar-refractivity contribution in [1.82, 2.24) is 34.8 Å². The van der Waals surface area contributed by atoms with Crippen LogP contribution < -0.4 is 5.32 Å². The molecule has 0 aromatic carbocycles. The average molecular weight is 331 g/mol. The SMILES string of the molecule is CCCn1cnnc1[C@H](C)NC(=O)N1CC(n2nc(C)cc2C)C1. The molecule has 0 unspecified atom stereocenters. The highest BCUT2D eigenvalue weighted by Gasteiger charge is 2.34. The maximum atomic E-state index is 12.4. The van der Waals surface area contributed by atoms with E-state index in [-0.39, 0.29) is 18.1 Å². The van der Waals surface area contributed by atoms with Gasteiger partial charge in [-0.2, -0.15) is 5.10 Å². The van der Waals surface area contributed by atoms with Gasteiger partial charge in [0.2, 0.25) is 0 Å². The molecule has 0 spiro atoms. The Kier molecular flexibility index (Phi) is 4.55. The van der Waals surface area contributed by atoms with Crippen LogP contribution in [0.15, 0.2) is 12.4 Å². The lowest BCUT2D eigenvalue weighted by atomic mass is 10.1. The zero-order valence-corrected chi connectivity index (χ0v) is 14.7. The second-order valence-electron chi connectivity index (χ2n) is 6.48. The van der Waals surface area contributed by atoms with Crippen LogP contribution in [0, 0.1) is 13.8 Å². The number of amides is 2. The van der Waals surface area contributed by atoms with Gasteiger partial charge in [0.1, 0.15) is 6.33 Å². The highest BCUT2D eigenvalue weighted by molar-refractivity contribution is 5.75. The van der Waals surface area contributed by atoms with Gasteiger partial charge in [-0.3, -0.25) is 4.68 Å². The zero-order valence-electron chi connectivity index (χ0n) is 14.7. The molecule has 2 aromatic heterocycles. The monoisotopic (exact) mass is 331 g/mol. The molecule has 1 atom stereocenters. The third kappa shape index (κ3) is 3.13. The molecular formula is C16H25N7O. The van der Waals surface area contributed by atoms with E-state index in [2.05, 4.69) is 33.6 Å². The third-order valence-electron chi connectivity index (χ3n) is 4.38. The summed E-state index contributed by atoms with van der Waals surface area (Å²) in [5, 5.41) is 15.6. The van der Waals surface area contributed by atoms with Crippen LogP contribution in [0.25, 0.3) is 0 Å². The van der Waals surface area contributed by atoms with Crippen LogP contribution >= 0.6 is 0 Å². The molecule has 0 bridgehead atoms. The number of hydrogen-bond acceptors (Lipinski definition) is 4. The van der Waals surface area contributed by atoms with E-state index >= 15 is 0 Å². The molecule has 0 radical (unpaired) electrons. The van der Waals surface area contributed by atoms with Gasteiger partial charge in [-0.15, -0.1) is 10.2 Å². The molecule has 1 aliphatic heterocycles. The minimum absolute atomic E-state index is 0.0636. The molecule has 8 heteroatoms. The molecule has 3 heterocycles. The Morgan fingerprint density at radius 2 is 2.17 bits per heavy atom. The summed E-state index contributed by atoms with van der Waals surface area (Å²) in [6.45, 7) is 10.3. The van der Waals surface area contributed by atoms with Gasteiger partial charge in [0.05, 0.1) is 17.8 Å². The van der Waals surface area contributed by atoms with Gasteiger partial charge < -0.3 is 14.8 Å². The molecule has 0 aliphatic carbocycles. The molecule has 1 fully saturated rings. The Hall–Kier alpha value is -2.38. The number of rotatable bonds is 5. The summed E-state index contributed by atoms with van der Waals surface area (Å²) in [5.74, 6) is 0.792. The summed E-state index contributed by atoms with van der Waals surface area (Å²) in [7, 11) is 0. The standard InChI is InChI=1S/C16H25N7O/c1-5-6-21-10-17-19-15(21)13(4)18-16(24)22-8-14(9-22)23-12(3)7-11(2)20-23/h7,10,13-14H,5-6,8-9H2,1-4H3,(H,18,24)/t13-/m0/s1. The number of nitrogens with one attached hydrogen (secondary N) is 1. The van der Waals surface area contributed by atoms with Gasteiger partial charge in [0.25, 0.3) is 0 Å². The average Bonchev–Trinajstić information content (AvgIpc) is 3.05. The lowest BCUT2D eigenvalue weighted by Gasteiger charge is -2.40. The first-order valence-corrected chi connectivity index (χ1v) is 8.45. The van der Waals surface area contributed by atoms with E-state index in [1.165, 1.54) is 0 Å². The van der Waals surface area contributed by atoms with Crippen molar-refractivity contribution in [3.05, 3.63) is 29.6 Å². The first kappa shape index (κ1) is 16.5. The van der Waals surface area contributed by atoms with E-state index in [9.17, 15) is 4.79 Å². The van der Waals surface area contributed by atoms with Crippen LogP contribution in [0.3, 0.4) is 0 Å². The maximum absolute atomic E-state index is 12.4. The molecule has 3 rings (SSSR count). The zero-order chi connectivity index (χ0) is 17.3. The molecule has 2 amide bonds. The van der Waals surface area contributed by atoms with Gasteiger partial charge in [0.15, 0.2) is 5.82 Å². The highest BCUT2D eigenvalue weighted by Crippen LogP contribution is 2.23. The van der Waals surface area contributed by atoms with Crippen LogP contribution in [-0.2, 0) is 6.54 Å². The number of urea groups is 1. The quantitative estimate of drug-likeness (QED) is 0.906. The van der Waals surface area contributed by atoms with E-state index in [1.807, 2.05) is 30.0 Å². The third-order valence-corrected chi connectivity index (χ3v) is 4.38. The van der Waals surface area contributed by atoms with Crippen LogP contribution in [-0.4, -0.2) is 48.6 Å². The highest BCUT2D eigenvalue weighted by atomic mass is 16.2. The van der Waals surface area contributed by atoms with E-state index in [4.69, 9.17) is 0 Å². The number of carbonyl (C=O) groups is 1. The van der Waals surface area contributed by atoms with Crippen LogP contribution in [0.4, 0.5) is 4.79 Å². The van der Waals surface area contributed by atoms with Crippen LogP contribution in [0.2, 0.25) is 0 Å². The summed E-state index contributed by atoms with van der Waals surface area (Å²) < 4.78 is 4.00. The second kappa shape index (κ2) is 6.62. The summed E-state index contributed by atoms with van der Waals surface area (Å²) in [6.07, 6.45) is 2.71. The molecule has 1 aliphatic rings. The Bertz CT molecular complexity index is 714. The largest absolute Gasteiger partial charge is 0.328 e. The lowest BCUT2D eigenvalue weighted by Crippen LogP contribution is -2.55. The van der Waals surface area contributed by atoms with Crippen LogP contribution in [0.5, 0.6) is 0 Å². The Morgan fingerprint density at radius 1 is 1.42 bits per heavy atom. The number of hydrogen-bond donors (Lipinski definition) is 1. The van der Waals surface area contributed by atoms with Crippen molar-refractivity contribution in [1.29, 1.82) is 0 Å². The summed E-state index contributed by atoms with van der Waals surface area (Å²) in [5.41, 5.74) is 2.15. The predicted molar refractivity (Wildman–Crippen MR) is 89.6 cm³/mol. The topological polar surface area (TPSA) is 80.9 Å². The molecule has 130 valence electrons. The first-order valence-electron chi connectivity index (χ1n) is 8.45. The number of carbonyl (C=O) groups excluding carboxylic acids is 1. The Morgan fingerprint density at radius 3 is 2.79 bits per heavy atom. The van der Waals surface area contributed by atoms with Gasteiger partial charge >= 0.3 is 6.03 Å². The Balaban J connectivity index is 1.55. The van der Waals surface area contributed by atoms with E-state index in [0.29, 0.717) is 13.1 Å². The van der Waals surface area contributed by atoms with Crippen molar-refractivity contribution in [3.8, 4) is 0 Å². The number of likely N-dealkylation sites (tertiary alicyclic amines) is 1. The predicted octanol–water partition coefficient (Wildman–Crippen LogP) is 1.83. The molecule has 0 saturated carbocycles. The van der Waals surface area contributed by atoms with Crippen molar-refractivity contribution in [3.63, 3.8) is 0 Å². The molecule has 24 heavy (non-hydrogen) atoms. The fraction of sp³-hybridized carbons (Fsp3) is 0.625. The normalized spacial score (nSPS) is 16.1. The minimum atomic E-state index is -0.167. The van der Waals surface area contributed by atoms with Crippen LogP contribution in [0.1, 0.15) is 49.6 Å². The van der Waals surface area contributed by atoms with Gasteiger partial charge in [-0.1, -0.05) is 6.92 Å². The summed E-state index contributed by atoms with van der Waals surface area (Å²) in [6, 6.07) is 2.10. The van der Waals surface area contributed by atoms with Crippen molar-refractivity contribution in [2.75, 3.05) is 13.1 Å².